The maximum absolute atomic E-state index is 14.8. The van der Waals surface area contributed by atoms with Crippen molar-refractivity contribution in [2.75, 3.05) is 23.4 Å². The highest BCUT2D eigenvalue weighted by Gasteiger charge is 2.38. The van der Waals surface area contributed by atoms with Crippen molar-refractivity contribution in [1.29, 1.82) is 0 Å². The number of anilines is 3. The second kappa shape index (κ2) is 12.2. The molecule has 0 radical (unpaired) electrons. The molecule has 4 aromatic rings. The first-order valence-corrected chi connectivity index (χ1v) is 16.8. The number of hydrogen-bond acceptors (Lipinski definition) is 8. The molecular formula is C34H36FN5O5S. The molecule has 46 heavy (non-hydrogen) atoms. The van der Waals surface area contributed by atoms with Crippen molar-refractivity contribution in [3.63, 3.8) is 0 Å². The van der Waals surface area contributed by atoms with Crippen LogP contribution in [0.25, 0.3) is 10.8 Å². The number of ether oxygens (including phenoxy) is 1. The van der Waals surface area contributed by atoms with Gasteiger partial charge in [-0.25, -0.2) is 17.8 Å². The van der Waals surface area contributed by atoms with E-state index in [0.717, 1.165) is 11.8 Å². The number of benzene rings is 3. The summed E-state index contributed by atoms with van der Waals surface area (Å²) in [5, 5.41) is 6.41. The Kier molecular flexibility index (Phi) is 8.32. The predicted octanol–water partition coefficient (Wildman–Crippen LogP) is 5.38. The minimum absolute atomic E-state index is 0.0298. The highest BCUT2D eigenvalue weighted by atomic mass is 32.2. The number of nitrogens with zero attached hydrogens (tertiary/aromatic N) is 2. The fraction of sp³-hybridized carbons (Fsp3) is 0.324. The first-order chi connectivity index (χ1) is 21.9. The second-order valence-corrected chi connectivity index (χ2v) is 14.4. The fourth-order valence-corrected chi connectivity index (χ4v) is 7.62. The smallest absolute Gasteiger partial charge is 0.249 e. The van der Waals surface area contributed by atoms with Gasteiger partial charge in [0, 0.05) is 42.2 Å². The molecule has 1 unspecified atom stereocenters. The zero-order valence-corrected chi connectivity index (χ0v) is 26.7. The van der Waals surface area contributed by atoms with Crippen LogP contribution in [0.2, 0.25) is 0 Å². The van der Waals surface area contributed by atoms with Crippen molar-refractivity contribution in [3.05, 3.63) is 83.3 Å². The van der Waals surface area contributed by atoms with Gasteiger partial charge in [-0.15, -0.1) is 0 Å². The lowest BCUT2D eigenvalue weighted by Crippen LogP contribution is -2.35. The molecule has 4 bridgehead atoms. The molecule has 1 aliphatic heterocycles. The van der Waals surface area contributed by atoms with E-state index in [-0.39, 0.29) is 47.0 Å². The maximum Gasteiger partial charge on any atom is 0.249 e. The highest BCUT2D eigenvalue weighted by Crippen LogP contribution is 2.37. The summed E-state index contributed by atoms with van der Waals surface area (Å²) in [5.41, 5.74) is 8.63. The Labute approximate surface area is 267 Å². The molecule has 3 aromatic carbocycles. The number of nitrogen functional groups attached to an aromatic ring is 1. The van der Waals surface area contributed by atoms with Crippen LogP contribution in [0.1, 0.15) is 55.8 Å². The maximum atomic E-state index is 14.8. The number of aromatic nitrogens is 1. The Morgan fingerprint density at radius 1 is 1.02 bits per heavy atom. The van der Waals surface area contributed by atoms with Crippen LogP contribution in [0.4, 0.5) is 21.6 Å². The second-order valence-electron chi connectivity index (χ2n) is 12.2. The van der Waals surface area contributed by atoms with Crippen LogP contribution in [0, 0.1) is 5.82 Å². The van der Waals surface area contributed by atoms with Crippen LogP contribution >= 0.6 is 0 Å². The normalized spacial score (nSPS) is 17.5. The number of halogens is 1. The molecule has 0 saturated heterocycles. The van der Waals surface area contributed by atoms with E-state index in [4.69, 9.17) is 10.5 Å². The standard InChI is InChI=1S/C34H36FN5O5S/c1-19(2)45-29-11-4-21-14-20(29)5-13-31(41)38-23-7-12-30(46(43,44)25-8-9-25)22(15-23)18-40(3)34(42)32(21)39-24-6-10-26-27(16-24)28(35)17-37-33(26)36/h4,6-7,10-12,14-17,19,25,32,39H,5,8-9,13,18H2,1-3H3,(H2,36,37)(H,38,41). The van der Waals surface area contributed by atoms with Crippen LogP contribution in [0.5, 0.6) is 5.75 Å². The third kappa shape index (κ3) is 6.34. The zero-order chi connectivity index (χ0) is 32.7. The van der Waals surface area contributed by atoms with E-state index < -0.39 is 26.9 Å². The van der Waals surface area contributed by atoms with Crippen LogP contribution in [0.15, 0.2) is 65.7 Å². The lowest BCUT2D eigenvalue weighted by atomic mass is 9.98. The first kappa shape index (κ1) is 31.3. The lowest BCUT2D eigenvalue weighted by molar-refractivity contribution is -0.131. The number of fused-ring (bicyclic) bond motifs is 5. The number of likely N-dealkylation sites (N-methyl/N-ethyl adjacent to an activating group) is 1. The van der Waals surface area contributed by atoms with Gasteiger partial charge in [0.25, 0.3) is 0 Å². The summed E-state index contributed by atoms with van der Waals surface area (Å²) >= 11 is 0. The summed E-state index contributed by atoms with van der Waals surface area (Å²) in [6, 6.07) is 14.1. The number of pyridine rings is 1. The molecule has 10 nitrogen and oxygen atoms in total. The number of carbonyl (C=O) groups is 2. The van der Waals surface area contributed by atoms with E-state index in [9.17, 15) is 22.4 Å². The van der Waals surface area contributed by atoms with Crippen LogP contribution in [-0.4, -0.2) is 48.5 Å². The Morgan fingerprint density at radius 3 is 2.54 bits per heavy atom. The summed E-state index contributed by atoms with van der Waals surface area (Å²) < 4.78 is 47.6. The molecule has 1 aliphatic carbocycles. The summed E-state index contributed by atoms with van der Waals surface area (Å²) in [6.07, 6.45) is 2.57. The molecule has 0 spiro atoms. The number of hydrogen-bond donors (Lipinski definition) is 3. The van der Waals surface area contributed by atoms with E-state index in [0.29, 0.717) is 52.9 Å². The zero-order valence-electron chi connectivity index (χ0n) is 25.8. The molecule has 240 valence electrons. The highest BCUT2D eigenvalue weighted by molar-refractivity contribution is 7.92. The number of sulfone groups is 1. The summed E-state index contributed by atoms with van der Waals surface area (Å²) in [4.78, 5) is 32.9. The molecule has 4 N–H and O–H groups in total. The average Bonchev–Trinajstić information content (AvgIpc) is 3.87. The lowest BCUT2D eigenvalue weighted by Gasteiger charge is -2.28. The van der Waals surface area contributed by atoms with Crippen molar-refractivity contribution < 1.29 is 27.1 Å². The predicted molar refractivity (Wildman–Crippen MR) is 175 cm³/mol. The van der Waals surface area contributed by atoms with Gasteiger partial charge >= 0.3 is 0 Å². The molecule has 1 saturated carbocycles. The Bertz CT molecular complexity index is 1960. The van der Waals surface area contributed by atoms with Crippen LogP contribution in [-0.2, 0) is 32.4 Å². The van der Waals surface area contributed by atoms with Gasteiger partial charge in [-0.3, -0.25) is 9.59 Å². The third-order valence-electron chi connectivity index (χ3n) is 8.23. The van der Waals surface area contributed by atoms with Gasteiger partial charge in [0.05, 0.1) is 22.4 Å². The van der Waals surface area contributed by atoms with Gasteiger partial charge in [-0.1, -0.05) is 6.07 Å². The summed E-state index contributed by atoms with van der Waals surface area (Å²) in [6.45, 7) is 3.79. The van der Waals surface area contributed by atoms with E-state index in [1.807, 2.05) is 19.9 Å². The van der Waals surface area contributed by atoms with Gasteiger partial charge in [-0.05, 0) is 98.3 Å². The average molecular weight is 646 g/mol. The first-order valence-electron chi connectivity index (χ1n) is 15.2. The van der Waals surface area contributed by atoms with Crippen molar-refractivity contribution >= 4 is 49.6 Å². The van der Waals surface area contributed by atoms with E-state index >= 15 is 0 Å². The van der Waals surface area contributed by atoms with Crippen molar-refractivity contribution in [2.24, 2.45) is 0 Å². The largest absolute Gasteiger partial charge is 0.491 e. The number of amides is 2. The van der Waals surface area contributed by atoms with Gasteiger partial charge < -0.3 is 26.0 Å². The van der Waals surface area contributed by atoms with Gasteiger partial charge in [0.1, 0.15) is 23.4 Å². The Hall–Kier alpha value is -4.71. The SMILES string of the molecule is CC(C)Oc1ccc2cc1CCC(=O)Nc1ccc(S(=O)(=O)C3CC3)c(c1)CN(C)C(=O)C2Nc1ccc2c(N)ncc(F)c2c1. The molecule has 6 rings (SSSR count). The molecular weight excluding hydrogens is 609 g/mol. The number of nitrogens with one attached hydrogen (secondary N) is 2. The number of carbonyl (C=O) groups excluding carboxylic acids is 2. The number of aryl methyl sites for hydroxylation is 1. The molecule has 1 aromatic heterocycles. The number of rotatable bonds is 6. The number of nitrogens with two attached hydrogens (primary N) is 1. The van der Waals surface area contributed by atoms with Crippen LogP contribution < -0.4 is 21.1 Å². The molecule has 1 atom stereocenters. The van der Waals surface area contributed by atoms with Crippen LogP contribution in [0.3, 0.4) is 0 Å². The third-order valence-corrected chi connectivity index (χ3v) is 10.6. The van der Waals surface area contributed by atoms with Crippen molar-refractivity contribution in [1.82, 2.24) is 9.88 Å². The quantitative estimate of drug-likeness (QED) is 0.254. The van der Waals surface area contributed by atoms with Gasteiger partial charge in [-0.2, -0.15) is 0 Å². The monoisotopic (exact) mass is 645 g/mol. The molecule has 2 heterocycles. The summed E-state index contributed by atoms with van der Waals surface area (Å²) in [7, 11) is -2.00. The Morgan fingerprint density at radius 2 is 1.80 bits per heavy atom. The summed E-state index contributed by atoms with van der Waals surface area (Å²) in [5.74, 6) is -0.356. The van der Waals surface area contributed by atoms with E-state index in [1.54, 1.807) is 49.5 Å². The molecule has 2 amide bonds. The van der Waals surface area contributed by atoms with Gasteiger partial charge in [0.15, 0.2) is 9.84 Å². The minimum Gasteiger partial charge on any atom is -0.491 e. The molecule has 2 aliphatic rings. The van der Waals surface area contributed by atoms with E-state index in [1.165, 1.54) is 11.0 Å². The fourth-order valence-electron chi connectivity index (χ4n) is 5.76. The molecule has 12 heteroatoms. The van der Waals surface area contributed by atoms with Crippen molar-refractivity contribution in [3.8, 4) is 5.75 Å². The Balaban J connectivity index is 1.45. The molecule has 1 fully saturated rings. The minimum atomic E-state index is -3.60. The van der Waals surface area contributed by atoms with Gasteiger partial charge in [0.2, 0.25) is 11.8 Å². The van der Waals surface area contributed by atoms with E-state index in [2.05, 4.69) is 15.6 Å². The van der Waals surface area contributed by atoms with Crippen molar-refractivity contribution in [2.45, 2.75) is 68.4 Å². The topological polar surface area (TPSA) is 144 Å².